The van der Waals surface area contributed by atoms with Gasteiger partial charge in [-0.25, -0.2) is 0 Å². The Bertz CT molecular complexity index is 620. The Kier molecular flexibility index (Phi) is 3.02. The maximum absolute atomic E-state index is 12.0. The average Bonchev–Trinajstić information content (AvgIpc) is 2.75. The molecule has 2 N–H and O–H groups in total. The summed E-state index contributed by atoms with van der Waals surface area (Å²) in [5.74, 6) is -0.251. The fourth-order valence-electron chi connectivity index (χ4n) is 6.87. The summed E-state index contributed by atoms with van der Waals surface area (Å²) in [5, 5.41) is 20.5. The van der Waals surface area contributed by atoms with E-state index in [2.05, 4.69) is 19.6 Å². The van der Waals surface area contributed by atoms with Crippen LogP contribution in [-0.4, -0.2) is 22.3 Å². The molecule has 3 fully saturated rings. The molecule has 126 valence electrons. The van der Waals surface area contributed by atoms with Crippen LogP contribution in [0.15, 0.2) is 23.8 Å². The van der Waals surface area contributed by atoms with Crippen LogP contribution in [0.4, 0.5) is 0 Å². The lowest BCUT2D eigenvalue weighted by atomic mass is 9.44. The quantitative estimate of drug-likeness (QED) is 0.721. The minimum Gasteiger partial charge on any atom is -0.481 e. The van der Waals surface area contributed by atoms with Gasteiger partial charge in [0.05, 0.1) is 11.5 Å². The molecule has 0 saturated heterocycles. The van der Waals surface area contributed by atoms with Gasteiger partial charge in [-0.1, -0.05) is 37.1 Å². The van der Waals surface area contributed by atoms with Crippen molar-refractivity contribution in [2.75, 3.05) is 0 Å². The highest BCUT2D eigenvalue weighted by Gasteiger charge is 2.63. The molecule has 6 atom stereocenters. The van der Waals surface area contributed by atoms with E-state index in [9.17, 15) is 15.0 Å². The van der Waals surface area contributed by atoms with Crippen molar-refractivity contribution in [3.05, 3.63) is 23.8 Å². The number of hydrogen-bond acceptors (Lipinski definition) is 2. The SMILES string of the molecule is C=C1C[C@@]23CC[C@@H]4[C@](C)(C(=O)O)CCC[C@@]4(C)C2=C[C@H](O)C1C3. The van der Waals surface area contributed by atoms with E-state index < -0.39 is 17.5 Å². The summed E-state index contributed by atoms with van der Waals surface area (Å²) in [5.41, 5.74) is 2.01. The van der Waals surface area contributed by atoms with Crippen molar-refractivity contribution in [2.24, 2.45) is 28.1 Å². The third-order valence-electron chi connectivity index (χ3n) is 7.97. The highest BCUT2D eigenvalue weighted by atomic mass is 16.4. The van der Waals surface area contributed by atoms with E-state index in [0.29, 0.717) is 0 Å². The van der Waals surface area contributed by atoms with Crippen molar-refractivity contribution < 1.29 is 15.0 Å². The Hall–Kier alpha value is -1.09. The molecule has 4 rings (SSSR count). The highest BCUT2D eigenvalue weighted by Crippen LogP contribution is 2.70. The van der Waals surface area contributed by atoms with Gasteiger partial charge in [0.25, 0.3) is 0 Å². The number of carboxylic acids is 1. The van der Waals surface area contributed by atoms with Crippen molar-refractivity contribution in [1.29, 1.82) is 0 Å². The van der Waals surface area contributed by atoms with Crippen molar-refractivity contribution in [3.63, 3.8) is 0 Å². The Morgan fingerprint density at radius 2 is 2.04 bits per heavy atom. The number of fused-ring (bicyclic) bond motifs is 3. The summed E-state index contributed by atoms with van der Waals surface area (Å²) in [6, 6.07) is 0. The van der Waals surface area contributed by atoms with Crippen LogP contribution < -0.4 is 0 Å². The fourth-order valence-corrected chi connectivity index (χ4v) is 6.87. The molecule has 0 aromatic carbocycles. The Morgan fingerprint density at radius 1 is 1.30 bits per heavy atom. The average molecular weight is 316 g/mol. The largest absolute Gasteiger partial charge is 0.481 e. The molecule has 1 spiro atoms. The first-order valence-corrected chi connectivity index (χ1v) is 9.05. The maximum atomic E-state index is 12.0. The van der Waals surface area contributed by atoms with Gasteiger partial charge in [-0.2, -0.15) is 0 Å². The van der Waals surface area contributed by atoms with Crippen molar-refractivity contribution in [2.45, 2.75) is 64.9 Å². The van der Waals surface area contributed by atoms with Gasteiger partial charge in [0, 0.05) is 5.92 Å². The van der Waals surface area contributed by atoms with Crippen LogP contribution >= 0.6 is 0 Å². The number of aliphatic hydroxyl groups excluding tert-OH is 1. The monoisotopic (exact) mass is 316 g/mol. The van der Waals surface area contributed by atoms with Crippen molar-refractivity contribution in [3.8, 4) is 0 Å². The van der Waals surface area contributed by atoms with Crippen LogP contribution in [-0.2, 0) is 4.79 Å². The lowest BCUT2D eigenvalue weighted by molar-refractivity contribution is -0.161. The molecule has 0 amide bonds. The number of aliphatic carboxylic acids is 1. The summed E-state index contributed by atoms with van der Waals surface area (Å²) in [6.07, 6.45) is 8.53. The van der Waals surface area contributed by atoms with Crippen LogP contribution in [0.3, 0.4) is 0 Å². The number of carboxylic acid groups (broad SMARTS) is 1. The Labute approximate surface area is 138 Å². The summed E-state index contributed by atoms with van der Waals surface area (Å²) >= 11 is 0. The first-order chi connectivity index (χ1) is 10.7. The van der Waals surface area contributed by atoms with E-state index in [4.69, 9.17) is 0 Å². The van der Waals surface area contributed by atoms with E-state index in [1.807, 2.05) is 6.92 Å². The third-order valence-corrected chi connectivity index (χ3v) is 7.97. The maximum Gasteiger partial charge on any atom is 0.309 e. The summed E-state index contributed by atoms with van der Waals surface area (Å²) in [4.78, 5) is 12.0. The minimum atomic E-state index is -0.643. The van der Waals surface area contributed by atoms with Gasteiger partial charge in [-0.15, -0.1) is 0 Å². The summed E-state index contributed by atoms with van der Waals surface area (Å²) in [6.45, 7) is 8.46. The van der Waals surface area contributed by atoms with Crippen LogP contribution in [0.25, 0.3) is 0 Å². The first kappa shape index (κ1) is 15.4. The fraction of sp³-hybridized carbons (Fsp3) is 0.750. The van der Waals surface area contributed by atoms with E-state index in [0.717, 1.165) is 44.9 Å². The second kappa shape index (κ2) is 4.50. The van der Waals surface area contributed by atoms with E-state index in [-0.39, 0.29) is 22.7 Å². The molecule has 1 unspecified atom stereocenters. The Balaban J connectivity index is 1.83. The first-order valence-electron chi connectivity index (χ1n) is 9.05. The minimum absolute atomic E-state index is 0.0831. The molecule has 4 aliphatic rings. The molecule has 0 heterocycles. The smallest absolute Gasteiger partial charge is 0.309 e. The molecule has 0 aromatic rings. The van der Waals surface area contributed by atoms with Gasteiger partial charge in [0.2, 0.25) is 0 Å². The zero-order valence-corrected chi connectivity index (χ0v) is 14.3. The summed E-state index contributed by atoms with van der Waals surface area (Å²) in [7, 11) is 0. The molecule has 23 heavy (non-hydrogen) atoms. The van der Waals surface area contributed by atoms with Crippen LogP contribution in [0.2, 0.25) is 0 Å². The molecular formula is C20H28O3. The van der Waals surface area contributed by atoms with E-state index >= 15 is 0 Å². The number of carbonyl (C=O) groups is 1. The van der Waals surface area contributed by atoms with Gasteiger partial charge in [0.15, 0.2) is 0 Å². The third kappa shape index (κ3) is 1.77. The van der Waals surface area contributed by atoms with Gasteiger partial charge in [0.1, 0.15) is 0 Å². The van der Waals surface area contributed by atoms with Crippen molar-refractivity contribution >= 4 is 5.97 Å². The van der Waals surface area contributed by atoms with Gasteiger partial charge >= 0.3 is 5.97 Å². The molecule has 2 bridgehead atoms. The molecule has 0 radical (unpaired) electrons. The van der Waals surface area contributed by atoms with Gasteiger partial charge < -0.3 is 10.2 Å². The normalized spacial score (nSPS) is 51.7. The van der Waals surface area contributed by atoms with E-state index in [1.54, 1.807) is 0 Å². The molecule has 4 aliphatic carbocycles. The van der Waals surface area contributed by atoms with Crippen LogP contribution in [0.1, 0.15) is 58.8 Å². The summed E-state index contributed by atoms with van der Waals surface area (Å²) < 4.78 is 0. The molecule has 0 aromatic heterocycles. The zero-order valence-electron chi connectivity index (χ0n) is 14.3. The number of aliphatic hydroxyl groups is 1. The lowest BCUT2D eigenvalue weighted by Gasteiger charge is -2.60. The van der Waals surface area contributed by atoms with Crippen LogP contribution in [0, 0.1) is 28.1 Å². The second-order valence-corrected chi connectivity index (χ2v) is 9.08. The molecular weight excluding hydrogens is 288 g/mol. The van der Waals surface area contributed by atoms with Crippen LogP contribution in [0.5, 0.6) is 0 Å². The zero-order chi connectivity index (χ0) is 16.6. The molecule has 3 nitrogen and oxygen atoms in total. The number of hydrogen-bond donors (Lipinski definition) is 2. The number of rotatable bonds is 1. The second-order valence-electron chi connectivity index (χ2n) is 9.08. The van der Waals surface area contributed by atoms with E-state index in [1.165, 1.54) is 11.1 Å². The topological polar surface area (TPSA) is 57.5 Å². The standard InChI is InChI=1S/C20H28O3/c1-12-10-20-8-5-15-18(2,6-4-7-19(15,3)17(22)23)16(20)9-14(21)13(12)11-20/h9,13-15,21H,1,4-8,10-11H2,2-3H3,(H,22,23)/t13?,14-,15-,18+,19+,20+/m0/s1. The predicted molar refractivity (Wildman–Crippen MR) is 88.8 cm³/mol. The highest BCUT2D eigenvalue weighted by molar-refractivity contribution is 5.75. The molecule has 3 saturated carbocycles. The van der Waals surface area contributed by atoms with Gasteiger partial charge in [-0.05, 0) is 62.2 Å². The molecule has 3 heteroatoms. The van der Waals surface area contributed by atoms with Gasteiger partial charge in [-0.3, -0.25) is 4.79 Å². The Morgan fingerprint density at radius 3 is 2.74 bits per heavy atom. The predicted octanol–water partition coefficient (Wildman–Crippen LogP) is 3.93. The van der Waals surface area contributed by atoms with Crippen molar-refractivity contribution in [1.82, 2.24) is 0 Å². The lowest BCUT2D eigenvalue weighted by Crippen LogP contribution is -2.54. The molecule has 0 aliphatic heterocycles. The number of allylic oxidation sites excluding steroid dienone is 1.